The number of benzene rings is 2. The zero-order valence-corrected chi connectivity index (χ0v) is 11.2. The Morgan fingerprint density at radius 2 is 1.70 bits per heavy atom. The molecular formula is C15H12ClF2NO. The maximum atomic E-state index is 13.3. The summed E-state index contributed by atoms with van der Waals surface area (Å²) in [6, 6.07) is 8.12. The van der Waals surface area contributed by atoms with Gasteiger partial charge < -0.3 is 10.5 Å². The Bertz CT molecular complexity index is 662. The molecule has 3 rings (SSSR count). The zero-order valence-electron chi connectivity index (χ0n) is 10.4. The van der Waals surface area contributed by atoms with Gasteiger partial charge in [0.15, 0.2) is 0 Å². The quantitative estimate of drug-likeness (QED) is 0.858. The second-order valence-electron chi connectivity index (χ2n) is 4.80. The van der Waals surface area contributed by atoms with E-state index in [4.69, 9.17) is 22.1 Å². The van der Waals surface area contributed by atoms with Gasteiger partial charge >= 0.3 is 0 Å². The summed E-state index contributed by atoms with van der Waals surface area (Å²) in [5, 5.41) is 0.280. The third-order valence-electron chi connectivity index (χ3n) is 3.42. The highest BCUT2D eigenvalue weighted by atomic mass is 35.5. The fourth-order valence-electron chi connectivity index (χ4n) is 2.43. The Labute approximate surface area is 120 Å². The smallest absolute Gasteiger partial charge is 0.127 e. The van der Waals surface area contributed by atoms with E-state index in [9.17, 15) is 8.78 Å². The lowest BCUT2D eigenvalue weighted by Crippen LogP contribution is -2.24. The molecule has 0 spiro atoms. The van der Waals surface area contributed by atoms with E-state index < -0.39 is 11.9 Å². The minimum absolute atomic E-state index is 0.273. The van der Waals surface area contributed by atoms with Crippen LogP contribution in [0.5, 0.6) is 5.75 Å². The first kappa shape index (κ1) is 13.3. The average Bonchev–Trinajstić information content (AvgIpc) is 2.37. The highest BCUT2D eigenvalue weighted by Gasteiger charge is 2.28. The van der Waals surface area contributed by atoms with Crippen LogP contribution in [0.15, 0.2) is 36.4 Å². The lowest BCUT2D eigenvalue weighted by atomic mass is 9.93. The average molecular weight is 296 g/mol. The maximum Gasteiger partial charge on any atom is 0.127 e. The summed E-state index contributed by atoms with van der Waals surface area (Å²) in [5.74, 6) is -0.388. The third kappa shape index (κ3) is 2.37. The van der Waals surface area contributed by atoms with E-state index in [1.165, 1.54) is 24.3 Å². The van der Waals surface area contributed by atoms with E-state index in [0.717, 1.165) is 5.56 Å². The first-order valence-corrected chi connectivity index (χ1v) is 6.59. The third-order valence-corrected chi connectivity index (χ3v) is 3.75. The number of hydrogen-bond acceptors (Lipinski definition) is 2. The number of halogens is 3. The Morgan fingerprint density at radius 3 is 2.40 bits per heavy atom. The molecule has 104 valence electrons. The topological polar surface area (TPSA) is 35.2 Å². The number of fused-ring (bicyclic) bond motifs is 1. The molecule has 2 atom stereocenters. The first-order valence-electron chi connectivity index (χ1n) is 6.21. The van der Waals surface area contributed by atoms with Crippen molar-refractivity contribution >= 4 is 11.6 Å². The van der Waals surface area contributed by atoms with Gasteiger partial charge in [0.1, 0.15) is 23.5 Å². The molecule has 1 unspecified atom stereocenters. The fourth-order valence-corrected chi connectivity index (χ4v) is 2.72. The molecule has 1 heterocycles. The van der Waals surface area contributed by atoms with Gasteiger partial charge in [-0.05, 0) is 18.2 Å². The van der Waals surface area contributed by atoms with Crippen molar-refractivity contribution in [2.24, 2.45) is 5.73 Å². The fraction of sp³-hybridized carbons (Fsp3) is 0.200. The molecule has 2 nitrogen and oxygen atoms in total. The number of hydrogen-bond donors (Lipinski definition) is 1. The minimum Gasteiger partial charge on any atom is -0.485 e. The molecule has 0 amide bonds. The van der Waals surface area contributed by atoms with E-state index in [0.29, 0.717) is 17.7 Å². The second kappa shape index (κ2) is 5.04. The lowest BCUT2D eigenvalue weighted by Gasteiger charge is -2.31. The van der Waals surface area contributed by atoms with Crippen LogP contribution in [0.2, 0.25) is 5.02 Å². The standard InChI is InChI=1S/C15H12ClF2NO/c16-12-5-8(17)1-3-10(12)15-7-13(19)11-4-2-9(18)6-14(11)20-15/h1-6,13,15H,7,19H2/t13-,15?/m1/s1. The summed E-state index contributed by atoms with van der Waals surface area (Å²) in [7, 11) is 0. The van der Waals surface area contributed by atoms with Crippen LogP contribution in [0.1, 0.15) is 29.7 Å². The van der Waals surface area contributed by atoms with Crippen LogP contribution in [-0.4, -0.2) is 0 Å². The molecule has 1 aliphatic rings. The van der Waals surface area contributed by atoms with Crippen molar-refractivity contribution in [2.45, 2.75) is 18.6 Å². The lowest BCUT2D eigenvalue weighted by molar-refractivity contribution is 0.161. The molecule has 0 aromatic heterocycles. The van der Waals surface area contributed by atoms with E-state index in [1.54, 1.807) is 12.1 Å². The largest absolute Gasteiger partial charge is 0.485 e. The summed E-state index contributed by atoms with van der Waals surface area (Å²) in [4.78, 5) is 0. The normalized spacial score (nSPS) is 21.2. The van der Waals surface area contributed by atoms with Gasteiger partial charge in [-0.15, -0.1) is 0 Å². The maximum absolute atomic E-state index is 13.3. The number of rotatable bonds is 1. The van der Waals surface area contributed by atoms with Gasteiger partial charge in [0.2, 0.25) is 0 Å². The Morgan fingerprint density at radius 1 is 1.05 bits per heavy atom. The predicted molar refractivity (Wildman–Crippen MR) is 72.7 cm³/mol. The molecule has 2 aromatic carbocycles. The van der Waals surface area contributed by atoms with E-state index >= 15 is 0 Å². The van der Waals surface area contributed by atoms with Gasteiger partial charge in [-0.2, -0.15) is 0 Å². The van der Waals surface area contributed by atoms with E-state index in [1.807, 2.05) is 0 Å². The number of ether oxygens (including phenoxy) is 1. The van der Waals surface area contributed by atoms with Crippen molar-refractivity contribution in [3.8, 4) is 5.75 Å². The Hall–Kier alpha value is -1.65. The van der Waals surface area contributed by atoms with Crippen LogP contribution in [0.4, 0.5) is 8.78 Å². The highest BCUT2D eigenvalue weighted by molar-refractivity contribution is 6.31. The van der Waals surface area contributed by atoms with Crippen LogP contribution in [0.25, 0.3) is 0 Å². The van der Waals surface area contributed by atoms with Gasteiger partial charge in [-0.1, -0.05) is 23.7 Å². The molecule has 2 N–H and O–H groups in total. The molecule has 1 aliphatic heterocycles. The summed E-state index contributed by atoms with van der Waals surface area (Å²) in [6.07, 6.45) is 0.0941. The van der Waals surface area contributed by atoms with E-state index in [2.05, 4.69) is 0 Å². The van der Waals surface area contributed by atoms with Crippen molar-refractivity contribution in [2.75, 3.05) is 0 Å². The molecule has 0 fully saturated rings. The van der Waals surface area contributed by atoms with Gasteiger partial charge in [0, 0.05) is 29.7 Å². The van der Waals surface area contributed by atoms with Crippen molar-refractivity contribution in [3.63, 3.8) is 0 Å². The summed E-state index contributed by atoms with van der Waals surface area (Å²) >= 11 is 6.03. The summed E-state index contributed by atoms with van der Waals surface area (Å²) in [5.41, 5.74) is 7.50. The van der Waals surface area contributed by atoms with Crippen LogP contribution in [0.3, 0.4) is 0 Å². The SMILES string of the molecule is N[C@@H]1CC(c2ccc(F)cc2Cl)Oc2cc(F)ccc21. The zero-order chi connectivity index (χ0) is 14.3. The first-order chi connectivity index (χ1) is 9.54. The number of nitrogens with two attached hydrogens (primary N) is 1. The Balaban J connectivity index is 1.98. The summed E-state index contributed by atoms with van der Waals surface area (Å²) in [6.45, 7) is 0. The van der Waals surface area contributed by atoms with Gasteiger partial charge in [0.05, 0.1) is 5.02 Å². The predicted octanol–water partition coefficient (Wildman–Crippen LogP) is 4.14. The molecule has 0 aliphatic carbocycles. The molecule has 0 saturated heterocycles. The van der Waals surface area contributed by atoms with Crippen LogP contribution >= 0.6 is 11.6 Å². The van der Waals surface area contributed by atoms with Crippen molar-refractivity contribution < 1.29 is 13.5 Å². The molecule has 2 aromatic rings. The Kier molecular flexibility index (Phi) is 3.36. The van der Waals surface area contributed by atoms with Gasteiger partial charge in [-0.3, -0.25) is 0 Å². The molecule has 5 heteroatoms. The monoisotopic (exact) mass is 295 g/mol. The van der Waals surface area contributed by atoms with Crippen LogP contribution in [-0.2, 0) is 0 Å². The van der Waals surface area contributed by atoms with Gasteiger partial charge in [-0.25, -0.2) is 8.78 Å². The van der Waals surface area contributed by atoms with Crippen molar-refractivity contribution in [1.82, 2.24) is 0 Å². The molecule has 0 bridgehead atoms. The molecule has 20 heavy (non-hydrogen) atoms. The van der Waals surface area contributed by atoms with Gasteiger partial charge in [0.25, 0.3) is 0 Å². The second-order valence-corrected chi connectivity index (χ2v) is 5.20. The van der Waals surface area contributed by atoms with Crippen molar-refractivity contribution in [3.05, 3.63) is 64.2 Å². The van der Waals surface area contributed by atoms with Crippen molar-refractivity contribution in [1.29, 1.82) is 0 Å². The molecule has 0 saturated carbocycles. The van der Waals surface area contributed by atoms with Crippen LogP contribution in [0, 0.1) is 11.6 Å². The van der Waals surface area contributed by atoms with E-state index in [-0.39, 0.29) is 16.9 Å². The molecule has 0 radical (unpaired) electrons. The summed E-state index contributed by atoms with van der Waals surface area (Å²) < 4.78 is 32.1. The van der Waals surface area contributed by atoms with Crippen LogP contribution < -0.4 is 10.5 Å². The minimum atomic E-state index is -0.412. The highest BCUT2D eigenvalue weighted by Crippen LogP contribution is 2.41. The molecular weight excluding hydrogens is 284 g/mol.